The highest BCUT2D eigenvalue weighted by atomic mass is 16.4. The van der Waals surface area contributed by atoms with Crippen molar-refractivity contribution in [3.8, 4) is 0 Å². The second-order valence-corrected chi connectivity index (χ2v) is 7.88. The van der Waals surface area contributed by atoms with Gasteiger partial charge in [-0.25, -0.2) is 4.79 Å². The number of carboxylic acid groups (broad SMARTS) is 1. The molecule has 1 atom stereocenters. The van der Waals surface area contributed by atoms with E-state index in [1.807, 2.05) is 0 Å². The minimum absolute atomic E-state index is 0.0354. The molecule has 124 valence electrons. The van der Waals surface area contributed by atoms with Gasteiger partial charge in [0.25, 0.3) is 5.91 Å². The maximum absolute atomic E-state index is 12.6. The molecule has 2 N–H and O–H groups in total. The van der Waals surface area contributed by atoms with Crippen molar-refractivity contribution in [2.45, 2.75) is 57.0 Å². The van der Waals surface area contributed by atoms with Crippen LogP contribution in [-0.4, -0.2) is 32.3 Å². The Labute approximate surface area is 135 Å². The van der Waals surface area contributed by atoms with Crippen LogP contribution in [0.15, 0.2) is 12.4 Å². The SMILES string of the molecule is CC(C(=O)O)n1cc(C(=O)NC23CC4CC(CC(C4)C2)C3)cn1. The minimum atomic E-state index is -0.957. The molecule has 0 saturated heterocycles. The fourth-order valence-electron chi connectivity index (χ4n) is 5.36. The van der Waals surface area contributed by atoms with Gasteiger partial charge >= 0.3 is 5.97 Å². The highest BCUT2D eigenvalue weighted by Crippen LogP contribution is 2.55. The summed E-state index contributed by atoms with van der Waals surface area (Å²) in [6.07, 6.45) is 10.3. The number of nitrogens with zero attached hydrogens (tertiary/aromatic N) is 2. The molecule has 4 bridgehead atoms. The van der Waals surface area contributed by atoms with Crippen LogP contribution in [0.25, 0.3) is 0 Å². The molecule has 6 heteroatoms. The van der Waals surface area contributed by atoms with Crippen molar-refractivity contribution in [3.05, 3.63) is 18.0 Å². The summed E-state index contributed by atoms with van der Waals surface area (Å²) in [6, 6.07) is -0.768. The summed E-state index contributed by atoms with van der Waals surface area (Å²) >= 11 is 0. The van der Waals surface area contributed by atoms with Crippen LogP contribution >= 0.6 is 0 Å². The van der Waals surface area contributed by atoms with Crippen LogP contribution in [0.3, 0.4) is 0 Å². The van der Waals surface area contributed by atoms with Crippen LogP contribution < -0.4 is 5.32 Å². The number of amides is 1. The largest absolute Gasteiger partial charge is 0.480 e. The van der Waals surface area contributed by atoms with E-state index in [1.54, 1.807) is 6.92 Å². The Morgan fingerprint density at radius 2 is 1.83 bits per heavy atom. The van der Waals surface area contributed by atoms with E-state index in [0.29, 0.717) is 5.56 Å². The van der Waals surface area contributed by atoms with E-state index >= 15 is 0 Å². The molecule has 0 spiro atoms. The number of carboxylic acids is 1. The van der Waals surface area contributed by atoms with Gasteiger partial charge in [-0.2, -0.15) is 5.10 Å². The summed E-state index contributed by atoms with van der Waals surface area (Å²) in [6.45, 7) is 1.55. The van der Waals surface area contributed by atoms with Gasteiger partial charge in [-0.3, -0.25) is 9.48 Å². The zero-order valence-corrected chi connectivity index (χ0v) is 13.4. The van der Waals surface area contributed by atoms with E-state index in [0.717, 1.165) is 37.0 Å². The predicted octanol–water partition coefficient (Wildman–Crippen LogP) is 2.23. The van der Waals surface area contributed by atoms with E-state index in [9.17, 15) is 9.59 Å². The zero-order chi connectivity index (χ0) is 16.2. The van der Waals surface area contributed by atoms with Gasteiger partial charge in [-0.1, -0.05) is 0 Å². The molecule has 5 rings (SSSR count). The molecule has 23 heavy (non-hydrogen) atoms. The topological polar surface area (TPSA) is 84.2 Å². The lowest BCUT2D eigenvalue weighted by molar-refractivity contribution is -0.140. The molecule has 1 unspecified atom stereocenters. The summed E-state index contributed by atoms with van der Waals surface area (Å²) in [5, 5.41) is 16.3. The summed E-state index contributed by atoms with van der Waals surface area (Å²) in [4.78, 5) is 23.6. The average Bonchev–Trinajstić information content (AvgIpc) is 2.94. The van der Waals surface area contributed by atoms with Crippen molar-refractivity contribution in [2.75, 3.05) is 0 Å². The van der Waals surface area contributed by atoms with E-state index in [4.69, 9.17) is 5.11 Å². The monoisotopic (exact) mass is 317 g/mol. The summed E-state index contributed by atoms with van der Waals surface area (Å²) in [5.41, 5.74) is 0.417. The number of rotatable bonds is 4. The Bertz CT molecular complexity index is 616. The molecule has 4 aliphatic rings. The second kappa shape index (κ2) is 5.08. The lowest BCUT2D eigenvalue weighted by Crippen LogP contribution is -2.59. The quantitative estimate of drug-likeness (QED) is 0.892. The van der Waals surface area contributed by atoms with Crippen LogP contribution in [-0.2, 0) is 4.79 Å². The number of hydrogen-bond donors (Lipinski definition) is 2. The van der Waals surface area contributed by atoms with Crippen molar-refractivity contribution >= 4 is 11.9 Å². The maximum atomic E-state index is 12.6. The fraction of sp³-hybridized carbons (Fsp3) is 0.706. The van der Waals surface area contributed by atoms with Gasteiger partial charge in [-0.05, 0) is 63.2 Å². The van der Waals surface area contributed by atoms with Crippen molar-refractivity contribution < 1.29 is 14.7 Å². The zero-order valence-electron chi connectivity index (χ0n) is 13.4. The van der Waals surface area contributed by atoms with Gasteiger partial charge in [0.2, 0.25) is 0 Å². The molecule has 0 radical (unpaired) electrons. The summed E-state index contributed by atoms with van der Waals surface area (Å²) in [7, 11) is 0. The molecule has 4 fully saturated rings. The smallest absolute Gasteiger partial charge is 0.328 e. The molecule has 0 aliphatic heterocycles. The Kier molecular flexibility index (Phi) is 3.25. The third-order valence-corrected chi connectivity index (χ3v) is 6.03. The van der Waals surface area contributed by atoms with Gasteiger partial charge in [-0.15, -0.1) is 0 Å². The molecule has 6 nitrogen and oxygen atoms in total. The summed E-state index contributed by atoms with van der Waals surface area (Å²) < 4.78 is 1.33. The Hall–Kier alpha value is -1.85. The van der Waals surface area contributed by atoms with Gasteiger partial charge in [0.15, 0.2) is 0 Å². The lowest BCUT2D eigenvalue weighted by Gasteiger charge is -2.56. The number of aliphatic carboxylic acids is 1. The van der Waals surface area contributed by atoms with Crippen LogP contribution in [0.5, 0.6) is 0 Å². The number of aromatic nitrogens is 2. The predicted molar refractivity (Wildman–Crippen MR) is 82.9 cm³/mol. The van der Waals surface area contributed by atoms with Gasteiger partial charge in [0.1, 0.15) is 6.04 Å². The Morgan fingerprint density at radius 1 is 1.26 bits per heavy atom. The van der Waals surface area contributed by atoms with Crippen LogP contribution in [0.1, 0.15) is 61.8 Å². The van der Waals surface area contributed by atoms with E-state index < -0.39 is 12.0 Å². The number of carbonyl (C=O) groups is 2. The van der Waals surface area contributed by atoms with Crippen molar-refractivity contribution in [3.63, 3.8) is 0 Å². The third kappa shape index (κ3) is 2.54. The number of nitrogens with one attached hydrogen (secondary N) is 1. The standard InChI is InChI=1S/C17H23N3O3/c1-10(16(22)23)20-9-14(8-18-20)15(21)19-17-5-11-2-12(6-17)4-13(3-11)7-17/h8-13H,2-7H2,1H3,(H,19,21)(H,22,23). The van der Waals surface area contributed by atoms with Gasteiger partial charge < -0.3 is 10.4 Å². The molecule has 1 heterocycles. The van der Waals surface area contributed by atoms with E-state index in [2.05, 4.69) is 10.4 Å². The van der Waals surface area contributed by atoms with E-state index in [-0.39, 0.29) is 11.4 Å². The van der Waals surface area contributed by atoms with Gasteiger partial charge in [0.05, 0.1) is 11.8 Å². The van der Waals surface area contributed by atoms with Crippen LogP contribution in [0, 0.1) is 17.8 Å². The van der Waals surface area contributed by atoms with Crippen LogP contribution in [0.2, 0.25) is 0 Å². The highest BCUT2D eigenvalue weighted by molar-refractivity contribution is 5.94. The minimum Gasteiger partial charge on any atom is -0.480 e. The first kappa shape index (κ1) is 14.7. The molecular weight excluding hydrogens is 294 g/mol. The lowest BCUT2D eigenvalue weighted by atomic mass is 9.53. The van der Waals surface area contributed by atoms with Crippen molar-refractivity contribution in [1.82, 2.24) is 15.1 Å². The first-order valence-electron chi connectivity index (χ1n) is 8.53. The average molecular weight is 317 g/mol. The third-order valence-electron chi connectivity index (χ3n) is 6.03. The Morgan fingerprint density at radius 3 is 2.35 bits per heavy atom. The normalized spacial score (nSPS) is 36.0. The second-order valence-electron chi connectivity index (χ2n) is 7.88. The van der Waals surface area contributed by atoms with Crippen molar-refractivity contribution in [2.24, 2.45) is 17.8 Å². The van der Waals surface area contributed by atoms with Crippen LogP contribution in [0.4, 0.5) is 0 Å². The summed E-state index contributed by atoms with van der Waals surface area (Å²) in [5.74, 6) is 1.25. The molecule has 4 aliphatic carbocycles. The molecule has 4 saturated carbocycles. The number of hydrogen-bond acceptors (Lipinski definition) is 3. The first-order chi connectivity index (χ1) is 10.9. The molecular formula is C17H23N3O3. The maximum Gasteiger partial charge on any atom is 0.328 e. The Balaban J connectivity index is 1.49. The molecule has 1 aromatic heterocycles. The molecule has 0 aromatic carbocycles. The fourth-order valence-corrected chi connectivity index (χ4v) is 5.36. The highest BCUT2D eigenvalue weighted by Gasteiger charge is 2.51. The molecule has 1 amide bonds. The van der Waals surface area contributed by atoms with Crippen molar-refractivity contribution in [1.29, 1.82) is 0 Å². The van der Waals surface area contributed by atoms with Gasteiger partial charge in [0, 0.05) is 11.7 Å². The molecule has 1 aromatic rings. The van der Waals surface area contributed by atoms with E-state index in [1.165, 1.54) is 36.3 Å². The first-order valence-corrected chi connectivity index (χ1v) is 8.53. The number of carbonyl (C=O) groups excluding carboxylic acids is 1.